The average molecular weight is 362 g/mol. The van der Waals surface area contributed by atoms with Crippen molar-refractivity contribution in [2.75, 3.05) is 20.3 Å². The summed E-state index contributed by atoms with van der Waals surface area (Å²) in [5.41, 5.74) is 1.96. The molecule has 140 valence electrons. The molecule has 2 rings (SSSR count). The zero-order valence-corrected chi connectivity index (χ0v) is 14.9. The molecule has 0 bridgehead atoms. The van der Waals surface area contributed by atoms with Crippen LogP contribution in [-0.2, 0) is 27.3 Å². The Kier molecular flexibility index (Phi) is 7.89. The van der Waals surface area contributed by atoms with Gasteiger partial charge in [0.05, 0.1) is 13.7 Å². The van der Waals surface area contributed by atoms with E-state index >= 15 is 0 Å². The Bertz CT molecular complexity index is 687. The zero-order valence-electron chi connectivity index (χ0n) is 14.9. The second-order valence-corrected chi connectivity index (χ2v) is 5.64. The van der Waals surface area contributed by atoms with Crippen LogP contribution >= 0.6 is 0 Å². The van der Waals surface area contributed by atoms with Gasteiger partial charge < -0.3 is 14.2 Å². The van der Waals surface area contributed by atoms with Gasteiger partial charge in [-0.3, -0.25) is 4.94 Å². The van der Waals surface area contributed by atoms with Crippen LogP contribution in [0.3, 0.4) is 0 Å². The molecule has 1 unspecified atom stereocenters. The molecule has 0 N–H and O–H groups in total. The lowest BCUT2D eigenvalue weighted by Gasteiger charge is -2.13. The molecule has 1 atom stereocenters. The molecular formula is C20H23FO5. The van der Waals surface area contributed by atoms with Gasteiger partial charge in [-0.25, -0.2) is 4.79 Å². The van der Waals surface area contributed by atoms with Crippen LogP contribution in [-0.4, -0.2) is 32.4 Å². The fourth-order valence-electron chi connectivity index (χ4n) is 2.51. The number of carbonyl (C=O) groups is 1. The van der Waals surface area contributed by atoms with E-state index in [1.807, 2.05) is 48.5 Å². The first-order valence-corrected chi connectivity index (χ1v) is 8.45. The van der Waals surface area contributed by atoms with E-state index in [1.165, 1.54) is 0 Å². The molecule has 0 amide bonds. The van der Waals surface area contributed by atoms with Gasteiger partial charge in [-0.15, -0.1) is 0 Å². The SMILES string of the molecule is CCOC(Cc1ccc(OCCc2cccc(OC)c2)cc1)C(=O)OF. The molecule has 0 radical (unpaired) electrons. The number of carbonyl (C=O) groups excluding carboxylic acids is 1. The number of hydrogen-bond acceptors (Lipinski definition) is 5. The van der Waals surface area contributed by atoms with Crippen molar-refractivity contribution in [3.8, 4) is 11.5 Å². The molecular weight excluding hydrogens is 339 g/mol. The fourth-order valence-corrected chi connectivity index (χ4v) is 2.51. The summed E-state index contributed by atoms with van der Waals surface area (Å²) in [6, 6.07) is 15.1. The lowest BCUT2D eigenvalue weighted by atomic mass is 10.1. The predicted molar refractivity (Wildman–Crippen MR) is 95.0 cm³/mol. The number of rotatable bonds is 10. The Hall–Kier alpha value is -2.60. The van der Waals surface area contributed by atoms with Crippen molar-refractivity contribution >= 4 is 5.97 Å². The lowest BCUT2D eigenvalue weighted by Crippen LogP contribution is -2.27. The van der Waals surface area contributed by atoms with Crippen LogP contribution in [0.25, 0.3) is 0 Å². The highest BCUT2D eigenvalue weighted by Gasteiger charge is 2.21. The first-order chi connectivity index (χ1) is 12.7. The molecule has 6 heteroatoms. The highest BCUT2D eigenvalue weighted by Crippen LogP contribution is 2.17. The number of methoxy groups -OCH3 is 1. The fraction of sp³-hybridized carbons (Fsp3) is 0.350. The summed E-state index contributed by atoms with van der Waals surface area (Å²) in [5.74, 6) is 0.519. The topological polar surface area (TPSA) is 54.0 Å². The second-order valence-electron chi connectivity index (χ2n) is 5.64. The molecule has 2 aromatic rings. The maximum Gasteiger partial charge on any atom is 0.377 e. The Morgan fingerprint density at radius 3 is 2.50 bits per heavy atom. The minimum absolute atomic E-state index is 0.237. The van der Waals surface area contributed by atoms with E-state index in [9.17, 15) is 9.32 Å². The monoisotopic (exact) mass is 362 g/mol. The molecule has 0 aromatic heterocycles. The average Bonchev–Trinajstić information content (AvgIpc) is 2.68. The lowest BCUT2D eigenvalue weighted by molar-refractivity contribution is -0.196. The number of ether oxygens (including phenoxy) is 3. The van der Waals surface area contributed by atoms with E-state index in [0.717, 1.165) is 29.0 Å². The molecule has 2 aromatic carbocycles. The summed E-state index contributed by atoms with van der Waals surface area (Å²) >= 11 is 0. The maximum atomic E-state index is 12.1. The first-order valence-electron chi connectivity index (χ1n) is 8.45. The van der Waals surface area contributed by atoms with Gasteiger partial charge in [0.25, 0.3) is 0 Å². The molecule has 0 fully saturated rings. The minimum atomic E-state index is -1.02. The van der Waals surface area contributed by atoms with Crippen LogP contribution < -0.4 is 9.47 Å². The molecule has 0 aliphatic heterocycles. The van der Waals surface area contributed by atoms with Crippen LogP contribution in [0.1, 0.15) is 18.1 Å². The van der Waals surface area contributed by atoms with Crippen LogP contribution in [0, 0.1) is 0 Å². The van der Waals surface area contributed by atoms with Gasteiger partial charge in [0.2, 0.25) is 0 Å². The molecule has 26 heavy (non-hydrogen) atoms. The third kappa shape index (κ3) is 6.04. The smallest absolute Gasteiger partial charge is 0.377 e. The third-order valence-corrected chi connectivity index (χ3v) is 3.84. The van der Waals surface area contributed by atoms with Gasteiger partial charge in [0.1, 0.15) is 11.5 Å². The number of halogens is 1. The standard InChI is InChI=1S/C20H23FO5/c1-3-24-19(20(22)26-21)14-16-7-9-17(10-8-16)25-12-11-15-5-4-6-18(13-15)23-2/h4-10,13,19H,3,11-12,14H2,1-2H3. The zero-order chi connectivity index (χ0) is 18.8. The Morgan fingerprint density at radius 1 is 1.08 bits per heavy atom. The molecule has 0 saturated heterocycles. The quantitative estimate of drug-likeness (QED) is 0.645. The van der Waals surface area contributed by atoms with Crippen molar-refractivity contribution in [1.29, 1.82) is 0 Å². The van der Waals surface area contributed by atoms with Gasteiger partial charge in [0, 0.05) is 24.0 Å². The number of hydrogen-bond donors (Lipinski definition) is 0. The Labute approximate surface area is 152 Å². The van der Waals surface area contributed by atoms with Gasteiger partial charge in [-0.2, -0.15) is 0 Å². The summed E-state index contributed by atoms with van der Waals surface area (Å²) < 4.78 is 28.2. The largest absolute Gasteiger partial charge is 0.497 e. The minimum Gasteiger partial charge on any atom is -0.497 e. The van der Waals surface area contributed by atoms with Crippen molar-refractivity contribution < 1.29 is 28.5 Å². The molecule has 0 heterocycles. The molecule has 0 spiro atoms. The summed E-state index contributed by atoms with van der Waals surface area (Å²) in [7, 11) is 1.64. The van der Waals surface area contributed by atoms with E-state index in [2.05, 4.69) is 4.94 Å². The Morgan fingerprint density at radius 2 is 1.85 bits per heavy atom. The molecule has 0 aliphatic carbocycles. The molecule has 0 aliphatic rings. The van der Waals surface area contributed by atoms with Crippen molar-refractivity contribution in [2.24, 2.45) is 0 Å². The summed E-state index contributed by atoms with van der Waals surface area (Å²) in [6.45, 7) is 2.56. The number of benzene rings is 2. The van der Waals surface area contributed by atoms with E-state index in [0.29, 0.717) is 13.2 Å². The Balaban J connectivity index is 1.85. The molecule has 5 nitrogen and oxygen atoms in total. The van der Waals surface area contributed by atoms with Gasteiger partial charge in [-0.1, -0.05) is 24.3 Å². The normalized spacial score (nSPS) is 11.7. The van der Waals surface area contributed by atoms with Crippen molar-refractivity contribution in [3.63, 3.8) is 0 Å². The van der Waals surface area contributed by atoms with Crippen molar-refractivity contribution in [2.45, 2.75) is 25.9 Å². The second kappa shape index (κ2) is 10.4. The van der Waals surface area contributed by atoms with Crippen molar-refractivity contribution in [1.82, 2.24) is 0 Å². The van der Waals surface area contributed by atoms with Crippen LogP contribution in [0.15, 0.2) is 48.5 Å². The molecule has 0 saturated carbocycles. The van der Waals surface area contributed by atoms with Crippen LogP contribution in [0.4, 0.5) is 4.53 Å². The summed E-state index contributed by atoms with van der Waals surface area (Å²) in [6.07, 6.45) is 0.0406. The summed E-state index contributed by atoms with van der Waals surface area (Å²) in [5, 5.41) is 0. The highest BCUT2D eigenvalue weighted by molar-refractivity contribution is 5.74. The van der Waals surface area contributed by atoms with E-state index in [-0.39, 0.29) is 6.42 Å². The van der Waals surface area contributed by atoms with E-state index < -0.39 is 12.1 Å². The third-order valence-electron chi connectivity index (χ3n) is 3.84. The maximum absolute atomic E-state index is 12.1. The van der Waals surface area contributed by atoms with Gasteiger partial charge >= 0.3 is 5.97 Å². The van der Waals surface area contributed by atoms with E-state index in [4.69, 9.17) is 14.2 Å². The van der Waals surface area contributed by atoms with Crippen LogP contribution in [0.2, 0.25) is 0 Å². The van der Waals surface area contributed by atoms with Gasteiger partial charge in [0.15, 0.2) is 6.10 Å². The van der Waals surface area contributed by atoms with Crippen molar-refractivity contribution in [3.05, 3.63) is 59.7 Å². The van der Waals surface area contributed by atoms with E-state index in [1.54, 1.807) is 14.0 Å². The predicted octanol–water partition coefficient (Wildman–Crippen LogP) is 3.69. The van der Waals surface area contributed by atoms with Gasteiger partial charge in [-0.05, 0) is 42.3 Å². The highest BCUT2D eigenvalue weighted by atomic mass is 19.3. The first kappa shape index (κ1) is 19.7. The summed E-state index contributed by atoms with van der Waals surface area (Å²) in [4.78, 5) is 14.6. The van der Waals surface area contributed by atoms with Crippen LogP contribution in [0.5, 0.6) is 11.5 Å².